The highest BCUT2D eigenvalue weighted by Gasteiger charge is 2.33. The average molecular weight is 530 g/mol. The van der Waals surface area contributed by atoms with Crippen molar-refractivity contribution in [3.63, 3.8) is 0 Å². The molecule has 0 spiro atoms. The van der Waals surface area contributed by atoms with Crippen LogP contribution in [-0.4, -0.2) is 28.2 Å². The number of benzene rings is 3. The molecular weight excluding hydrogens is 502 g/mol. The third-order valence-corrected chi connectivity index (χ3v) is 6.70. The molecule has 7 nitrogen and oxygen atoms in total. The van der Waals surface area contributed by atoms with E-state index in [1.807, 2.05) is 49.1 Å². The lowest BCUT2D eigenvalue weighted by Crippen LogP contribution is -2.42. The van der Waals surface area contributed by atoms with Gasteiger partial charge in [0.25, 0.3) is 5.91 Å². The number of nitrogens with zero attached hydrogens (tertiary/aromatic N) is 2. The van der Waals surface area contributed by atoms with Crippen LogP contribution < -0.4 is 10.1 Å². The molecule has 4 aromatic rings. The molecule has 1 aliphatic rings. The predicted octanol–water partition coefficient (Wildman–Crippen LogP) is 6.29. The first-order valence-corrected chi connectivity index (χ1v) is 12.9. The van der Waals surface area contributed by atoms with Gasteiger partial charge in [-0.05, 0) is 53.4 Å². The fourth-order valence-electron chi connectivity index (χ4n) is 4.63. The fourth-order valence-corrected chi connectivity index (χ4v) is 4.83. The molecule has 2 amide bonds. The summed E-state index contributed by atoms with van der Waals surface area (Å²) >= 11 is 5.98. The summed E-state index contributed by atoms with van der Waals surface area (Å²) in [5.74, 6) is 0.523. The van der Waals surface area contributed by atoms with Gasteiger partial charge in [0.1, 0.15) is 12.0 Å². The first kappa shape index (κ1) is 25.5. The number of carbonyl (C=O) groups excluding carboxylic acids is 2. The molecule has 0 radical (unpaired) electrons. The first-order chi connectivity index (χ1) is 18.4. The molecule has 1 unspecified atom stereocenters. The van der Waals surface area contributed by atoms with E-state index in [0.29, 0.717) is 23.0 Å². The van der Waals surface area contributed by atoms with Gasteiger partial charge >= 0.3 is 0 Å². The van der Waals surface area contributed by atoms with E-state index in [4.69, 9.17) is 20.8 Å². The van der Waals surface area contributed by atoms with Crippen LogP contribution >= 0.6 is 11.6 Å². The van der Waals surface area contributed by atoms with Crippen molar-refractivity contribution in [2.24, 2.45) is 5.92 Å². The number of fused-ring (bicyclic) bond motifs is 1. The number of aromatic nitrogens is 1. The molecule has 0 saturated carbocycles. The second kappa shape index (κ2) is 11.1. The monoisotopic (exact) mass is 529 g/mol. The lowest BCUT2D eigenvalue weighted by atomic mass is 9.87. The molecule has 8 heteroatoms. The highest BCUT2D eigenvalue weighted by Crippen LogP contribution is 2.38. The number of ether oxygens (including phenoxy) is 1. The van der Waals surface area contributed by atoms with Gasteiger partial charge in [0.2, 0.25) is 11.8 Å². The van der Waals surface area contributed by atoms with E-state index in [1.165, 1.54) is 11.8 Å². The Balaban J connectivity index is 1.32. The van der Waals surface area contributed by atoms with Gasteiger partial charge in [-0.25, -0.2) is 4.98 Å². The Bertz CT molecular complexity index is 1450. The van der Waals surface area contributed by atoms with Crippen molar-refractivity contribution in [2.75, 3.05) is 11.9 Å². The maximum absolute atomic E-state index is 13.1. The third-order valence-electron chi connectivity index (χ3n) is 6.47. The zero-order valence-electron chi connectivity index (χ0n) is 21.2. The minimum Gasteiger partial charge on any atom is -0.484 e. The van der Waals surface area contributed by atoms with Crippen molar-refractivity contribution in [2.45, 2.75) is 32.9 Å². The summed E-state index contributed by atoms with van der Waals surface area (Å²) in [7, 11) is 0. The minimum atomic E-state index is -0.406. The molecule has 38 heavy (non-hydrogen) atoms. The van der Waals surface area contributed by atoms with Crippen LogP contribution in [0, 0.1) is 5.92 Å². The molecule has 0 bridgehead atoms. The highest BCUT2D eigenvalue weighted by molar-refractivity contribution is 6.30. The molecule has 0 saturated heterocycles. The Morgan fingerprint density at radius 1 is 1.11 bits per heavy atom. The smallest absolute Gasteiger partial charge is 0.277 e. The van der Waals surface area contributed by atoms with Gasteiger partial charge < -0.3 is 19.4 Å². The van der Waals surface area contributed by atoms with Crippen LogP contribution in [0.3, 0.4) is 0 Å². The number of rotatable bonds is 7. The van der Waals surface area contributed by atoms with Crippen molar-refractivity contribution in [1.82, 2.24) is 9.88 Å². The summed E-state index contributed by atoms with van der Waals surface area (Å²) < 4.78 is 11.5. The normalized spacial score (nSPS) is 14.7. The zero-order valence-corrected chi connectivity index (χ0v) is 21.9. The molecule has 1 N–H and O–H groups in total. The Hall–Kier alpha value is -4.10. The van der Waals surface area contributed by atoms with E-state index < -0.39 is 5.91 Å². The minimum absolute atomic E-state index is 0.0495. The van der Waals surface area contributed by atoms with E-state index in [1.54, 1.807) is 24.3 Å². The number of halogens is 1. The molecule has 194 valence electrons. The zero-order chi connectivity index (χ0) is 26.6. The lowest BCUT2D eigenvalue weighted by molar-refractivity contribution is -0.136. The molecule has 3 aromatic carbocycles. The van der Waals surface area contributed by atoms with Crippen LogP contribution in [0.2, 0.25) is 5.02 Å². The van der Waals surface area contributed by atoms with Crippen molar-refractivity contribution in [3.8, 4) is 5.75 Å². The van der Waals surface area contributed by atoms with Gasteiger partial charge in [0.05, 0.1) is 6.04 Å². The number of carbonyl (C=O) groups is 2. The maximum atomic E-state index is 13.1. The average Bonchev–Trinajstić information content (AvgIpc) is 3.40. The number of amides is 2. The summed E-state index contributed by atoms with van der Waals surface area (Å²) in [6, 6.07) is 22.7. The van der Waals surface area contributed by atoms with E-state index in [-0.39, 0.29) is 36.1 Å². The molecule has 1 atom stereocenters. The second-order valence-electron chi connectivity index (χ2n) is 9.49. The number of anilines is 1. The topological polar surface area (TPSA) is 84.7 Å². The van der Waals surface area contributed by atoms with Crippen LogP contribution in [0.4, 0.5) is 5.69 Å². The quantitative estimate of drug-likeness (QED) is 0.304. The molecule has 2 heterocycles. The Morgan fingerprint density at radius 3 is 2.68 bits per heavy atom. The maximum Gasteiger partial charge on any atom is 0.277 e. The van der Waals surface area contributed by atoms with Crippen LogP contribution in [0.1, 0.15) is 53.0 Å². The van der Waals surface area contributed by atoms with Crippen molar-refractivity contribution in [1.29, 1.82) is 0 Å². The molecule has 1 aromatic heterocycles. The number of nitrogens with one attached hydrogen (secondary N) is 1. The predicted molar refractivity (Wildman–Crippen MR) is 145 cm³/mol. The number of hydrogen-bond donors (Lipinski definition) is 1. The van der Waals surface area contributed by atoms with Crippen LogP contribution in [0.15, 0.2) is 83.5 Å². The fraction of sp³-hybridized carbons (Fsp3) is 0.233. The second-order valence-corrected chi connectivity index (χ2v) is 9.93. The van der Waals surface area contributed by atoms with Gasteiger partial charge in [0.15, 0.2) is 12.3 Å². The van der Waals surface area contributed by atoms with Crippen molar-refractivity contribution in [3.05, 3.63) is 112 Å². The van der Waals surface area contributed by atoms with Gasteiger partial charge in [0, 0.05) is 23.2 Å². The van der Waals surface area contributed by atoms with Crippen LogP contribution in [-0.2, 0) is 17.8 Å². The van der Waals surface area contributed by atoms with E-state index in [0.717, 1.165) is 17.5 Å². The van der Waals surface area contributed by atoms with Crippen LogP contribution in [0.25, 0.3) is 0 Å². The highest BCUT2D eigenvalue weighted by atomic mass is 35.5. The summed E-state index contributed by atoms with van der Waals surface area (Å²) in [6.45, 7) is 4.58. The largest absolute Gasteiger partial charge is 0.484 e. The first-order valence-electron chi connectivity index (χ1n) is 12.5. The van der Waals surface area contributed by atoms with Gasteiger partial charge in [-0.3, -0.25) is 9.59 Å². The van der Waals surface area contributed by atoms with Gasteiger partial charge in [-0.15, -0.1) is 0 Å². The van der Waals surface area contributed by atoms with Crippen LogP contribution in [0.5, 0.6) is 5.75 Å². The van der Waals surface area contributed by atoms with E-state index in [2.05, 4.69) is 28.5 Å². The summed E-state index contributed by atoms with van der Waals surface area (Å²) in [6.07, 6.45) is 2.08. The van der Waals surface area contributed by atoms with E-state index >= 15 is 0 Å². The molecule has 0 aliphatic carbocycles. The molecule has 1 aliphatic heterocycles. The number of hydrogen-bond acceptors (Lipinski definition) is 5. The van der Waals surface area contributed by atoms with Gasteiger partial charge in [-0.2, -0.15) is 0 Å². The summed E-state index contributed by atoms with van der Waals surface area (Å²) in [5.41, 5.74) is 4.00. The van der Waals surface area contributed by atoms with Crippen molar-refractivity contribution < 1.29 is 18.7 Å². The molecular formula is C30H28ClN3O4. The van der Waals surface area contributed by atoms with E-state index in [9.17, 15) is 9.59 Å². The SMILES string of the molecule is CC(C)C(=O)N1CCc2ccc(OCc3nc(C(=O)Nc4cccc(Cl)c4)co3)cc2C1c1ccccc1. The Morgan fingerprint density at radius 2 is 1.92 bits per heavy atom. The summed E-state index contributed by atoms with van der Waals surface area (Å²) in [4.78, 5) is 31.9. The van der Waals surface area contributed by atoms with Crippen molar-refractivity contribution >= 4 is 29.1 Å². The Kier molecular flexibility index (Phi) is 7.47. The number of oxazole rings is 1. The molecule has 0 fully saturated rings. The standard InChI is InChI=1S/C30H28ClN3O4/c1-19(2)30(36)34-14-13-20-11-12-24(16-25(20)28(34)21-7-4-3-5-8-21)37-18-27-33-26(17-38-27)29(35)32-23-10-6-9-22(31)15-23/h3-12,15-17,19,28H,13-14,18H2,1-2H3,(H,32,35). The third kappa shape index (κ3) is 5.58. The summed E-state index contributed by atoms with van der Waals surface area (Å²) in [5, 5.41) is 3.26. The molecule has 5 rings (SSSR count). The lowest BCUT2D eigenvalue weighted by Gasteiger charge is -2.39. The Labute approximate surface area is 226 Å². The van der Waals surface area contributed by atoms with Gasteiger partial charge in [-0.1, -0.05) is 67.9 Å².